The lowest BCUT2D eigenvalue weighted by Gasteiger charge is -2.12. The van der Waals surface area contributed by atoms with Gasteiger partial charge < -0.3 is 19.3 Å². The number of epoxide rings is 1. The Hall–Kier alpha value is -1.92. The second-order valence-corrected chi connectivity index (χ2v) is 13.1. The van der Waals surface area contributed by atoms with Crippen molar-refractivity contribution in [3.05, 3.63) is 36.5 Å². The molecule has 0 spiro atoms. The predicted octanol–water partition coefficient (Wildman–Crippen LogP) is 10.7. The number of carbonyl (C=O) groups excluding carboxylic acids is 2. The predicted molar refractivity (Wildman–Crippen MR) is 191 cm³/mol. The Morgan fingerprint density at radius 1 is 0.587 bits per heavy atom. The molecule has 0 aromatic rings. The Bertz CT molecular complexity index is 804. The number of allylic oxidation sites excluding steroid dienone is 5. The zero-order valence-corrected chi connectivity index (χ0v) is 29.8. The molecule has 1 rings (SSSR count). The van der Waals surface area contributed by atoms with Crippen molar-refractivity contribution in [2.45, 2.75) is 193 Å². The van der Waals surface area contributed by atoms with Gasteiger partial charge in [-0.3, -0.25) is 9.59 Å². The molecule has 0 aliphatic carbocycles. The number of aliphatic hydroxyl groups excluding tert-OH is 1. The minimum atomic E-state index is -0.986. The maximum absolute atomic E-state index is 11.9. The smallest absolute Gasteiger partial charge is 0.305 e. The summed E-state index contributed by atoms with van der Waals surface area (Å²) >= 11 is 0. The highest BCUT2D eigenvalue weighted by Crippen LogP contribution is 2.30. The Morgan fingerprint density at radius 2 is 1.04 bits per heavy atom. The zero-order chi connectivity index (χ0) is 33.3. The Balaban J connectivity index is 1.86. The van der Waals surface area contributed by atoms with Crippen molar-refractivity contribution in [3.63, 3.8) is 0 Å². The summed E-state index contributed by atoms with van der Waals surface area (Å²) in [5, 5.41) is 9.99. The van der Waals surface area contributed by atoms with Crippen molar-refractivity contribution in [2.75, 3.05) is 13.2 Å². The molecule has 6 nitrogen and oxygen atoms in total. The molecule has 0 saturated carbocycles. The van der Waals surface area contributed by atoms with Crippen LogP contribution in [-0.4, -0.2) is 48.6 Å². The Morgan fingerprint density at radius 3 is 1.61 bits per heavy atom. The molecule has 1 heterocycles. The molecular formula is C40H70O6. The molecule has 0 bridgehead atoms. The van der Waals surface area contributed by atoms with Gasteiger partial charge in [0, 0.05) is 12.8 Å². The fourth-order valence-corrected chi connectivity index (χ4v) is 5.53. The molecule has 3 atom stereocenters. The molecule has 1 N–H and O–H groups in total. The van der Waals surface area contributed by atoms with E-state index >= 15 is 0 Å². The van der Waals surface area contributed by atoms with Gasteiger partial charge in [-0.2, -0.15) is 0 Å². The van der Waals surface area contributed by atoms with Crippen LogP contribution < -0.4 is 0 Å². The SMILES string of the molecule is CCCCCCCCCCCCCCCCC(=O)OC[C@H](O)COC(=O)CCC/C=C\C/C=C\C/C=C\CC1OC1CCCCC. The molecule has 2 unspecified atom stereocenters. The lowest BCUT2D eigenvalue weighted by atomic mass is 10.0. The van der Waals surface area contributed by atoms with Crippen LogP contribution in [0.25, 0.3) is 0 Å². The van der Waals surface area contributed by atoms with Crippen LogP contribution >= 0.6 is 0 Å². The van der Waals surface area contributed by atoms with Gasteiger partial charge in [-0.25, -0.2) is 0 Å². The van der Waals surface area contributed by atoms with E-state index in [-0.39, 0.29) is 25.2 Å². The number of ether oxygens (including phenoxy) is 3. The fourth-order valence-electron chi connectivity index (χ4n) is 5.53. The van der Waals surface area contributed by atoms with Crippen LogP contribution in [0, 0.1) is 0 Å². The summed E-state index contributed by atoms with van der Waals surface area (Å²) in [6.45, 7) is 4.22. The van der Waals surface area contributed by atoms with Gasteiger partial charge in [0.05, 0.1) is 12.2 Å². The molecule has 46 heavy (non-hydrogen) atoms. The van der Waals surface area contributed by atoms with Crippen LogP contribution in [0.1, 0.15) is 174 Å². The molecule has 0 aromatic heterocycles. The quantitative estimate of drug-likeness (QED) is 0.0330. The average Bonchev–Trinajstić information content (AvgIpc) is 3.81. The van der Waals surface area contributed by atoms with E-state index in [1.54, 1.807) is 0 Å². The summed E-state index contributed by atoms with van der Waals surface area (Å²) in [7, 11) is 0. The van der Waals surface area contributed by atoms with Gasteiger partial charge in [0.25, 0.3) is 0 Å². The van der Waals surface area contributed by atoms with Crippen molar-refractivity contribution >= 4 is 11.9 Å². The van der Waals surface area contributed by atoms with Crippen molar-refractivity contribution in [3.8, 4) is 0 Å². The molecular weight excluding hydrogens is 576 g/mol. The third kappa shape index (κ3) is 28.3. The molecule has 1 fully saturated rings. The van der Waals surface area contributed by atoms with E-state index < -0.39 is 6.10 Å². The monoisotopic (exact) mass is 647 g/mol. The number of esters is 2. The largest absolute Gasteiger partial charge is 0.463 e. The molecule has 1 aliphatic rings. The fraction of sp³-hybridized carbons (Fsp3) is 0.800. The maximum Gasteiger partial charge on any atom is 0.305 e. The summed E-state index contributed by atoms with van der Waals surface area (Å²) in [5.41, 5.74) is 0. The lowest BCUT2D eigenvalue weighted by Crippen LogP contribution is -2.25. The number of rotatable bonds is 33. The number of hydrogen-bond donors (Lipinski definition) is 1. The Kier molecular flexibility index (Phi) is 29.0. The van der Waals surface area contributed by atoms with Gasteiger partial charge in [-0.05, 0) is 44.9 Å². The van der Waals surface area contributed by atoms with Crippen molar-refractivity contribution in [2.24, 2.45) is 0 Å². The van der Waals surface area contributed by atoms with Gasteiger partial charge in [0.2, 0.25) is 0 Å². The van der Waals surface area contributed by atoms with Gasteiger partial charge in [0.15, 0.2) is 0 Å². The van der Waals surface area contributed by atoms with E-state index in [2.05, 4.69) is 50.3 Å². The van der Waals surface area contributed by atoms with Crippen molar-refractivity contribution in [1.29, 1.82) is 0 Å². The molecule has 1 saturated heterocycles. The minimum Gasteiger partial charge on any atom is -0.463 e. The van der Waals surface area contributed by atoms with E-state index in [0.717, 1.165) is 44.9 Å². The zero-order valence-electron chi connectivity index (χ0n) is 29.8. The average molecular weight is 647 g/mol. The van der Waals surface area contributed by atoms with E-state index in [1.165, 1.54) is 96.3 Å². The van der Waals surface area contributed by atoms with Crippen LogP contribution in [0.5, 0.6) is 0 Å². The number of aliphatic hydroxyl groups is 1. The third-order valence-electron chi connectivity index (χ3n) is 8.55. The number of carbonyl (C=O) groups is 2. The van der Waals surface area contributed by atoms with Gasteiger partial charge in [-0.1, -0.05) is 153 Å². The summed E-state index contributed by atoms with van der Waals surface area (Å²) < 4.78 is 16.0. The van der Waals surface area contributed by atoms with Gasteiger partial charge in [0.1, 0.15) is 19.3 Å². The first-order valence-corrected chi connectivity index (χ1v) is 19.2. The highest BCUT2D eigenvalue weighted by atomic mass is 16.6. The second kappa shape index (κ2) is 31.7. The second-order valence-electron chi connectivity index (χ2n) is 13.1. The number of hydrogen-bond acceptors (Lipinski definition) is 6. The summed E-state index contributed by atoms with van der Waals surface area (Å²) in [5.74, 6) is -0.631. The number of unbranched alkanes of at least 4 members (excludes halogenated alkanes) is 16. The molecule has 0 amide bonds. The molecule has 6 heteroatoms. The summed E-state index contributed by atoms with van der Waals surface area (Å²) in [6, 6.07) is 0. The van der Waals surface area contributed by atoms with Crippen molar-refractivity contribution in [1.82, 2.24) is 0 Å². The topological polar surface area (TPSA) is 85.4 Å². The summed E-state index contributed by atoms with van der Waals surface area (Å²) in [6.07, 6.45) is 40.9. The first-order chi connectivity index (χ1) is 22.6. The normalized spacial score (nSPS) is 16.9. The molecule has 266 valence electrons. The minimum absolute atomic E-state index is 0.134. The van der Waals surface area contributed by atoms with Crippen LogP contribution in [0.2, 0.25) is 0 Å². The maximum atomic E-state index is 11.9. The van der Waals surface area contributed by atoms with Crippen LogP contribution in [0.15, 0.2) is 36.5 Å². The highest BCUT2D eigenvalue weighted by molar-refractivity contribution is 5.69. The van der Waals surface area contributed by atoms with Gasteiger partial charge in [-0.15, -0.1) is 0 Å². The van der Waals surface area contributed by atoms with E-state index in [4.69, 9.17) is 14.2 Å². The highest BCUT2D eigenvalue weighted by Gasteiger charge is 2.36. The molecule has 0 aromatic carbocycles. The first-order valence-electron chi connectivity index (χ1n) is 19.2. The summed E-state index contributed by atoms with van der Waals surface area (Å²) in [4.78, 5) is 23.9. The van der Waals surface area contributed by atoms with E-state index in [0.29, 0.717) is 31.5 Å². The third-order valence-corrected chi connectivity index (χ3v) is 8.55. The van der Waals surface area contributed by atoms with Crippen LogP contribution in [0.3, 0.4) is 0 Å². The van der Waals surface area contributed by atoms with Crippen molar-refractivity contribution < 1.29 is 28.9 Å². The van der Waals surface area contributed by atoms with Crippen LogP contribution in [-0.2, 0) is 23.8 Å². The van der Waals surface area contributed by atoms with Crippen LogP contribution in [0.4, 0.5) is 0 Å². The Labute approximate surface area is 282 Å². The van der Waals surface area contributed by atoms with Gasteiger partial charge >= 0.3 is 11.9 Å². The van der Waals surface area contributed by atoms with E-state index in [9.17, 15) is 14.7 Å². The lowest BCUT2D eigenvalue weighted by molar-refractivity contribution is -0.152. The molecule has 0 radical (unpaired) electrons. The first kappa shape index (κ1) is 42.1. The standard InChI is InChI=1S/C40H70O6/c1-3-5-7-8-9-10-11-12-13-14-18-21-24-28-32-39(42)44-34-36(41)35-45-40(43)33-29-25-22-19-16-15-17-20-23-27-31-38-37(46-38)30-26-6-4-2/h15,17,19,22-23,27,36-38,41H,3-14,16,18,20-21,24-26,28-35H2,1-2H3/b17-15-,22-19-,27-23-/t36-,37?,38?/m0/s1. The van der Waals surface area contributed by atoms with E-state index in [1.807, 2.05) is 0 Å². The molecule has 1 aliphatic heterocycles.